The van der Waals surface area contributed by atoms with Crippen LogP contribution in [-0.4, -0.2) is 31.9 Å². The molecule has 3 rings (SSSR count). The normalized spacial score (nSPS) is 18.5. The van der Waals surface area contributed by atoms with Crippen LogP contribution in [0.1, 0.15) is 35.6 Å². The summed E-state index contributed by atoms with van der Waals surface area (Å²) in [7, 11) is 3.15. The number of esters is 1. The molecule has 0 aliphatic carbocycles. The SMILES string of the molecule is COc1ccc([C@@H]2COc3c(ccc(OC(C)=O)c3C)[C@H]2O)cc1OC. The summed E-state index contributed by atoms with van der Waals surface area (Å²) in [6, 6.07) is 8.97. The molecule has 0 radical (unpaired) electrons. The van der Waals surface area contributed by atoms with Gasteiger partial charge in [-0.3, -0.25) is 4.79 Å². The molecule has 2 aromatic rings. The zero-order valence-corrected chi connectivity index (χ0v) is 15.2. The topological polar surface area (TPSA) is 74.2 Å². The fourth-order valence-corrected chi connectivity index (χ4v) is 3.23. The molecule has 1 aliphatic heterocycles. The Hall–Kier alpha value is -2.73. The monoisotopic (exact) mass is 358 g/mol. The van der Waals surface area contributed by atoms with Gasteiger partial charge < -0.3 is 24.1 Å². The molecule has 1 heterocycles. The fraction of sp³-hybridized carbons (Fsp3) is 0.350. The van der Waals surface area contributed by atoms with Gasteiger partial charge in [0.15, 0.2) is 11.5 Å². The van der Waals surface area contributed by atoms with Crippen molar-refractivity contribution in [1.82, 2.24) is 0 Å². The highest BCUT2D eigenvalue weighted by atomic mass is 16.5. The minimum absolute atomic E-state index is 0.249. The van der Waals surface area contributed by atoms with E-state index in [1.165, 1.54) is 6.92 Å². The van der Waals surface area contributed by atoms with E-state index in [4.69, 9.17) is 18.9 Å². The Morgan fingerprint density at radius 1 is 1.12 bits per heavy atom. The first-order valence-corrected chi connectivity index (χ1v) is 8.31. The Bertz CT molecular complexity index is 829. The van der Waals surface area contributed by atoms with Crippen LogP contribution in [0.2, 0.25) is 0 Å². The van der Waals surface area contributed by atoms with Crippen LogP contribution in [0.25, 0.3) is 0 Å². The van der Waals surface area contributed by atoms with E-state index in [-0.39, 0.29) is 5.92 Å². The van der Waals surface area contributed by atoms with Crippen LogP contribution in [-0.2, 0) is 4.79 Å². The molecule has 0 spiro atoms. The summed E-state index contributed by atoms with van der Waals surface area (Å²) in [4.78, 5) is 11.2. The summed E-state index contributed by atoms with van der Waals surface area (Å²) >= 11 is 0. The molecule has 2 atom stereocenters. The number of aliphatic hydroxyl groups is 1. The Morgan fingerprint density at radius 2 is 1.81 bits per heavy atom. The molecule has 0 saturated carbocycles. The summed E-state index contributed by atoms with van der Waals surface area (Å²) in [5.74, 6) is 1.59. The number of aliphatic hydroxyl groups excluding tert-OH is 1. The van der Waals surface area contributed by atoms with Gasteiger partial charge in [0.25, 0.3) is 0 Å². The van der Waals surface area contributed by atoms with Crippen LogP contribution in [0, 0.1) is 6.92 Å². The van der Waals surface area contributed by atoms with Gasteiger partial charge in [0, 0.05) is 24.0 Å². The smallest absolute Gasteiger partial charge is 0.308 e. The van der Waals surface area contributed by atoms with Crippen LogP contribution in [0.4, 0.5) is 0 Å². The molecule has 0 saturated heterocycles. The summed E-state index contributed by atoms with van der Waals surface area (Å²) in [6.45, 7) is 3.45. The van der Waals surface area contributed by atoms with Crippen LogP contribution in [0.5, 0.6) is 23.0 Å². The van der Waals surface area contributed by atoms with Crippen molar-refractivity contribution in [3.8, 4) is 23.0 Å². The highest BCUT2D eigenvalue weighted by molar-refractivity contribution is 5.70. The van der Waals surface area contributed by atoms with E-state index in [0.29, 0.717) is 40.7 Å². The van der Waals surface area contributed by atoms with Crippen LogP contribution < -0.4 is 18.9 Å². The quantitative estimate of drug-likeness (QED) is 0.669. The van der Waals surface area contributed by atoms with E-state index in [1.807, 2.05) is 18.2 Å². The first-order chi connectivity index (χ1) is 12.5. The Labute approximate surface area is 152 Å². The Morgan fingerprint density at radius 3 is 2.46 bits per heavy atom. The van der Waals surface area contributed by atoms with Crippen molar-refractivity contribution in [1.29, 1.82) is 0 Å². The number of fused-ring (bicyclic) bond motifs is 1. The highest BCUT2D eigenvalue weighted by Crippen LogP contribution is 2.45. The van der Waals surface area contributed by atoms with Gasteiger partial charge in [-0.05, 0) is 36.8 Å². The van der Waals surface area contributed by atoms with Gasteiger partial charge in [0.1, 0.15) is 11.5 Å². The Kier molecular flexibility index (Phi) is 5.04. The van der Waals surface area contributed by atoms with Gasteiger partial charge in [-0.15, -0.1) is 0 Å². The van der Waals surface area contributed by atoms with Gasteiger partial charge in [-0.2, -0.15) is 0 Å². The second-order valence-electron chi connectivity index (χ2n) is 6.18. The molecule has 2 aromatic carbocycles. The number of hydrogen-bond donors (Lipinski definition) is 1. The molecule has 0 bridgehead atoms. The van der Waals surface area contributed by atoms with Gasteiger partial charge in [0.2, 0.25) is 0 Å². The maximum atomic E-state index is 11.2. The average molecular weight is 358 g/mol. The molecule has 26 heavy (non-hydrogen) atoms. The second kappa shape index (κ2) is 7.25. The number of carbonyl (C=O) groups excluding carboxylic acids is 1. The predicted molar refractivity (Wildman–Crippen MR) is 95.2 cm³/mol. The predicted octanol–water partition coefficient (Wildman–Crippen LogP) is 3.15. The molecular weight excluding hydrogens is 336 g/mol. The molecule has 138 valence electrons. The largest absolute Gasteiger partial charge is 0.493 e. The molecule has 6 nitrogen and oxygen atoms in total. The molecule has 0 aromatic heterocycles. The van der Waals surface area contributed by atoms with Gasteiger partial charge in [0.05, 0.1) is 26.9 Å². The lowest BCUT2D eigenvalue weighted by molar-refractivity contribution is -0.131. The number of benzene rings is 2. The van der Waals surface area contributed by atoms with Crippen molar-refractivity contribution in [3.63, 3.8) is 0 Å². The van der Waals surface area contributed by atoms with Crippen molar-refractivity contribution < 1.29 is 28.8 Å². The minimum atomic E-state index is -0.748. The molecule has 0 fully saturated rings. The lowest BCUT2D eigenvalue weighted by Gasteiger charge is -2.32. The van der Waals surface area contributed by atoms with Crippen LogP contribution in [0.3, 0.4) is 0 Å². The van der Waals surface area contributed by atoms with Gasteiger partial charge >= 0.3 is 5.97 Å². The van der Waals surface area contributed by atoms with Crippen molar-refractivity contribution in [2.45, 2.75) is 25.9 Å². The van der Waals surface area contributed by atoms with Crippen molar-refractivity contribution in [2.75, 3.05) is 20.8 Å². The van der Waals surface area contributed by atoms with E-state index < -0.39 is 12.1 Å². The summed E-state index contributed by atoms with van der Waals surface area (Å²) in [5, 5.41) is 10.9. The number of rotatable bonds is 4. The van der Waals surface area contributed by atoms with Crippen molar-refractivity contribution in [3.05, 3.63) is 47.0 Å². The third-order valence-electron chi connectivity index (χ3n) is 4.58. The highest BCUT2D eigenvalue weighted by Gasteiger charge is 2.33. The number of ether oxygens (including phenoxy) is 4. The van der Waals surface area contributed by atoms with Gasteiger partial charge in [-0.25, -0.2) is 0 Å². The summed E-state index contributed by atoms with van der Waals surface area (Å²) < 4.78 is 21.7. The van der Waals surface area contributed by atoms with E-state index in [1.54, 1.807) is 33.3 Å². The summed E-state index contributed by atoms with van der Waals surface area (Å²) in [6.07, 6.45) is -0.748. The first-order valence-electron chi connectivity index (χ1n) is 8.31. The molecule has 0 unspecified atom stereocenters. The lowest BCUT2D eigenvalue weighted by Crippen LogP contribution is -2.25. The minimum Gasteiger partial charge on any atom is -0.493 e. The third kappa shape index (κ3) is 3.20. The molecular formula is C20H22O6. The van der Waals surface area contributed by atoms with Gasteiger partial charge in [-0.1, -0.05) is 6.07 Å². The number of hydrogen-bond acceptors (Lipinski definition) is 6. The zero-order chi connectivity index (χ0) is 18.8. The van der Waals surface area contributed by atoms with E-state index in [0.717, 1.165) is 5.56 Å². The van der Waals surface area contributed by atoms with E-state index in [9.17, 15) is 9.90 Å². The van der Waals surface area contributed by atoms with Crippen LogP contribution in [0.15, 0.2) is 30.3 Å². The van der Waals surface area contributed by atoms with Crippen molar-refractivity contribution in [2.24, 2.45) is 0 Å². The Balaban J connectivity index is 1.94. The molecule has 1 N–H and O–H groups in total. The fourth-order valence-electron chi connectivity index (χ4n) is 3.23. The third-order valence-corrected chi connectivity index (χ3v) is 4.58. The number of carbonyl (C=O) groups is 1. The van der Waals surface area contributed by atoms with Crippen molar-refractivity contribution >= 4 is 5.97 Å². The van der Waals surface area contributed by atoms with E-state index >= 15 is 0 Å². The average Bonchev–Trinajstić information content (AvgIpc) is 2.63. The standard InChI is InChI=1S/C20H22O6/c1-11-16(26-12(2)21)8-6-14-19(22)15(10-25-20(11)14)13-5-7-17(23-3)18(9-13)24-4/h5-9,15,19,22H,10H2,1-4H3/t15-,19+/m0/s1. The molecule has 1 aliphatic rings. The van der Waals surface area contributed by atoms with E-state index in [2.05, 4.69) is 0 Å². The maximum absolute atomic E-state index is 11.2. The molecule has 0 amide bonds. The maximum Gasteiger partial charge on any atom is 0.308 e. The summed E-state index contributed by atoms with van der Waals surface area (Å²) in [5.41, 5.74) is 2.26. The lowest BCUT2D eigenvalue weighted by atomic mass is 9.86. The second-order valence-corrected chi connectivity index (χ2v) is 6.18. The number of methoxy groups -OCH3 is 2. The van der Waals surface area contributed by atoms with Crippen LogP contribution >= 0.6 is 0 Å². The first kappa shape index (κ1) is 18.1. The zero-order valence-electron chi connectivity index (χ0n) is 15.2. The molecule has 6 heteroatoms.